The van der Waals surface area contributed by atoms with E-state index in [4.69, 9.17) is 4.42 Å². The van der Waals surface area contributed by atoms with E-state index in [1.54, 1.807) is 0 Å². The van der Waals surface area contributed by atoms with Crippen LogP contribution in [0.1, 0.15) is 45.3 Å². The molecule has 2 aromatic rings. The van der Waals surface area contributed by atoms with Crippen molar-refractivity contribution in [1.29, 1.82) is 0 Å². The van der Waals surface area contributed by atoms with Crippen LogP contribution in [0.15, 0.2) is 33.5 Å². The Kier molecular flexibility index (Phi) is 5.87. The number of hydrogen-bond acceptors (Lipinski definition) is 2. The van der Waals surface area contributed by atoms with Crippen LogP contribution in [-0.2, 0) is 6.42 Å². The summed E-state index contributed by atoms with van der Waals surface area (Å²) in [7, 11) is 0. The molecule has 0 unspecified atom stereocenters. The van der Waals surface area contributed by atoms with Crippen molar-refractivity contribution in [1.82, 2.24) is 0 Å². The second kappa shape index (κ2) is 7.66. The normalized spacial score (nSPS) is 11.1. The molecule has 1 aromatic carbocycles. The molecule has 0 bridgehead atoms. The molecule has 0 fully saturated rings. The Morgan fingerprint density at radius 3 is 2.45 bits per heavy atom. The van der Waals surface area contributed by atoms with Gasteiger partial charge in [0.2, 0.25) is 0 Å². The van der Waals surface area contributed by atoms with Gasteiger partial charge in [-0.25, -0.2) is 0 Å². The Morgan fingerprint density at radius 2 is 1.75 bits per heavy atom. The Hall–Kier alpha value is -1.05. The van der Waals surface area contributed by atoms with E-state index in [0.29, 0.717) is 15.0 Å². The molecule has 0 N–H and O–H groups in total. The van der Waals surface area contributed by atoms with Crippen LogP contribution < -0.4 is 10.1 Å². The molecule has 3 heteroatoms. The van der Waals surface area contributed by atoms with E-state index in [0.717, 1.165) is 35.8 Å². The molecule has 0 saturated carbocycles. The average Bonchev–Trinajstić information content (AvgIpc) is 2.48. The van der Waals surface area contributed by atoms with Gasteiger partial charge in [-0.3, -0.25) is 0 Å². The summed E-state index contributed by atoms with van der Waals surface area (Å²) < 4.78 is 6.93. The zero-order valence-corrected chi connectivity index (χ0v) is 14.0. The number of hydrogen-bond donors (Lipinski definition) is 0. The van der Waals surface area contributed by atoms with Gasteiger partial charge >= 0.3 is 126 Å². The molecule has 1 aromatic heterocycles. The van der Waals surface area contributed by atoms with Crippen molar-refractivity contribution in [2.45, 2.75) is 51.3 Å². The van der Waals surface area contributed by atoms with Crippen molar-refractivity contribution in [3.05, 3.63) is 40.4 Å². The second-order valence-corrected chi connectivity index (χ2v) is 7.31. The SMILES string of the molecule is CCCC[Se]c1c(CCCC)oc(=O)c2ccccc12. The van der Waals surface area contributed by atoms with E-state index in [2.05, 4.69) is 19.9 Å². The first-order chi connectivity index (χ1) is 9.77. The Labute approximate surface area is 126 Å². The summed E-state index contributed by atoms with van der Waals surface area (Å²) in [6, 6.07) is 7.88. The van der Waals surface area contributed by atoms with Gasteiger partial charge in [0, 0.05) is 0 Å². The maximum absolute atomic E-state index is 12.1. The van der Waals surface area contributed by atoms with Gasteiger partial charge in [0.25, 0.3) is 0 Å². The fourth-order valence-corrected chi connectivity index (χ4v) is 4.88. The third kappa shape index (κ3) is 3.53. The number of aryl methyl sites for hydroxylation is 1. The number of benzene rings is 1. The van der Waals surface area contributed by atoms with Gasteiger partial charge in [-0.15, -0.1) is 0 Å². The minimum absolute atomic E-state index is 0.179. The number of unbranched alkanes of at least 4 members (excludes halogenated alkanes) is 2. The predicted molar refractivity (Wildman–Crippen MR) is 86.2 cm³/mol. The molecule has 0 spiro atoms. The molecular formula is C17H22O2Se. The standard InChI is InChI=1S/C17H22O2Se/c1-3-5-11-15-16(20-12-6-4-2)13-9-7-8-10-14(13)17(18)19-15/h7-10H,3-6,11-12H2,1-2H3. The van der Waals surface area contributed by atoms with Gasteiger partial charge in [-0.1, -0.05) is 0 Å². The van der Waals surface area contributed by atoms with E-state index < -0.39 is 0 Å². The van der Waals surface area contributed by atoms with Gasteiger partial charge in [-0.2, -0.15) is 0 Å². The van der Waals surface area contributed by atoms with Crippen LogP contribution in [0, 0.1) is 0 Å². The summed E-state index contributed by atoms with van der Waals surface area (Å²) in [5.41, 5.74) is -0.179. The summed E-state index contributed by atoms with van der Waals surface area (Å²) >= 11 is 0.399. The Balaban J connectivity index is 2.46. The van der Waals surface area contributed by atoms with Crippen LogP contribution >= 0.6 is 0 Å². The van der Waals surface area contributed by atoms with Gasteiger partial charge < -0.3 is 0 Å². The second-order valence-electron chi connectivity index (χ2n) is 4.99. The molecule has 0 radical (unpaired) electrons. The van der Waals surface area contributed by atoms with E-state index in [1.165, 1.54) is 22.6 Å². The molecule has 0 amide bonds. The maximum atomic E-state index is 12.1. The molecule has 0 aliphatic heterocycles. The molecule has 2 rings (SSSR count). The Bertz CT molecular complexity index is 616. The van der Waals surface area contributed by atoms with E-state index >= 15 is 0 Å². The predicted octanol–water partition coefficient (Wildman–Crippen LogP) is 3.68. The van der Waals surface area contributed by atoms with Gasteiger partial charge in [-0.05, 0) is 0 Å². The first-order valence-electron chi connectivity index (χ1n) is 7.45. The molecular weight excluding hydrogens is 315 g/mol. The summed E-state index contributed by atoms with van der Waals surface area (Å²) in [6.07, 6.45) is 5.57. The van der Waals surface area contributed by atoms with Crippen molar-refractivity contribution < 1.29 is 4.42 Å². The summed E-state index contributed by atoms with van der Waals surface area (Å²) in [5.74, 6) is 0.937. The van der Waals surface area contributed by atoms with Gasteiger partial charge in [0.05, 0.1) is 0 Å². The minimum atomic E-state index is -0.179. The fourth-order valence-electron chi connectivity index (χ4n) is 2.20. The van der Waals surface area contributed by atoms with E-state index in [1.807, 2.05) is 18.2 Å². The van der Waals surface area contributed by atoms with Crippen molar-refractivity contribution >= 4 is 30.2 Å². The molecule has 0 aliphatic carbocycles. The third-order valence-corrected chi connectivity index (χ3v) is 5.94. The van der Waals surface area contributed by atoms with Crippen LogP contribution in [-0.4, -0.2) is 15.0 Å². The zero-order valence-electron chi connectivity index (χ0n) is 12.3. The molecule has 108 valence electrons. The fraction of sp³-hybridized carbons (Fsp3) is 0.471. The molecule has 1 heterocycles. The summed E-state index contributed by atoms with van der Waals surface area (Å²) in [4.78, 5) is 12.1. The first-order valence-corrected chi connectivity index (χ1v) is 9.52. The average molecular weight is 337 g/mol. The van der Waals surface area contributed by atoms with Crippen LogP contribution in [0.5, 0.6) is 0 Å². The van der Waals surface area contributed by atoms with Crippen LogP contribution in [0.25, 0.3) is 10.8 Å². The number of fused-ring (bicyclic) bond motifs is 1. The molecule has 0 atom stereocenters. The monoisotopic (exact) mass is 338 g/mol. The summed E-state index contributed by atoms with van der Waals surface area (Å²) in [5, 5.41) is 3.08. The first kappa shape index (κ1) is 15.3. The van der Waals surface area contributed by atoms with Crippen LogP contribution in [0.3, 0.4) is 0 Å². The molecule has 0 saturated heterocycles. The molecule has 2 nitrogen and oxygen atoms in total. The third-order valence-electron chi connectivity index (χ3n) is 3.36. The zero-order chi connectivity index (χ0) is 14.4. The summed E-state index contributed by atoms with van der Waals surface area (Å²) in [6.45, 7) is 4.39. The van der Waals surface area contributed by atoms with Crippen LogP contribution in [0.4, 0.5) is 0 Å². The van der Waals surface area contributed by atoms with Gasteiger partial charge in [0.15, 0.2) is 0 Å². The van der Waals surface area contributed by atoms with E-state index in [9.17, 15) is 4.79 Å². The topological polar surface area (TPSA) is 30.2 Å². The van der Waals surface area contributed by atoms with Crippen LogP contribution in [0.2, 0.25) is 5.32 Å². The van der Waals surface area contributed by atoms with Crippen molar-refractivity contribution in [3.63, 3.8) is 0 Å². The number of rotatable bonds is 7. The van der Waals surface area contributed by atoms with E-state index in [-0.39, 0.29) is 5.63 Å². The van der Waals surface area contributed by atoms with Crippen molar-refractivity contribution in [2.24, 2.45) is 0 Å². The molecule has 20 heavy (non-hydrogen) atoms. The molecule has 0 aliphatic rings. The quantitative estimate of drug-likeness (QED) is 0.570. The van der Waals surface area contributed by atoms with Crippen molar-refractivity contribution in [2.75, 3.05) is 0 Å². The van der Waals surface area contributed by atoms with Gasteiger partial charge in [0.1, 0.15) is 0 Å². The Morgan fingerprint density at radius 1 is 1.05 bits per heavy atom. The van der Waals surface area contributed by atoms with Crippen molar-refractivity contribution in [3.8, 4) is 0 Å².